The average Bonchev–Trinajstić information content (AvgIpc) is 2.53. The Labute approximate surface area is 154 Å². The molecule has 6 nitrogen and oxygen atoms in total. The molecule has 0 spiro atoms. The van der Waals surface area contributed by atoms with Crippen molar-refractivity contribution in [3.8, 4) is 0 Å². The van der Waals surface area contributed by atoms with Gasteiger partial charge in [-0.2, -0.15) is 0 Å². The number of carbonyl (C=O) groups excluding carboxylic acids is 2. The summed E-state index contributed by atoms with van der Waals surface area (Å²) < 4.78 is 5.61. The quantitative estimate of drug-likeness (QED) is 0.297. The first kappa shape index (κ1) is 23.6. The molecule has 0 radical (unpaired) electrons. The van der Waals surface area contributed by atoms with Crippen molar-refractivity contribution in [1.29, 1.82) is 0 Å². The van der Waals surface area contributed by atoms with E-state index in [1.54, 1.807) is 21.6 Å². The lowest BCUT2D eigenvalue weighted by molar-refractivity contribution is -0.126. The maximum absolute atomic E-state index is 11.7. The number of hydrogen-bond acceptors (Lipinski definition) is 6. The van der Waals surface area contributed by atoms with Crippen LogP contribution in [0.5, 0.6) is 0 Å². The first-order chi connectivity index (χ1) is 11.4. The number of carbonyl (C=O) groups is 2. The van der Waals surface area contributed by atoms with Crippen molar-refractivity contribution in [3.05, 3.63) is 0 Å². The van der Waals surface area contributed by atoms with E-state index in [4.69, 9.17) is 10.5 Å². The van der Waals surface area contributed by atoms with Gasteiger partial charge in [0.25, 0.3) is 0 Å². The van der Waals surface area contributed by atoms with Crippen LogP contribution in [0.25, 0.3) is 0 Å². The van der Waals surface area contributed by atoms with Gasteiger partial charge in [-0.05, 0) is 33.6 Å². The molecule has 0 rings (SSSR count). The van der Waals surface area contributed by atoms with E-state index in [-0.39, 0.29) is 30.3 Å². The zero-order valence-corrected chi connectivity index (χ0v) is 16.8. The van der Waals surface area contributed by atoms with E-state index in [0.29, 0.717) is 26.2 Å². The minimum absolute atomic E-state index is 0.0766. The van der Waals surface area contributed by atoms with E-state index in [9.17, 15) is 9.59 Å². The molecule has 0 aromatic heterocycles. The van der Waals surface area contributed by atoms with Gasteiger partial charge in [0, 0.05) is 50.6 Å². The maximum atomic E-state index is 11.7. The summed E-state index contributed by atoms with van der Waals surface area (Å²) in [6.45, 7) is 8.68. The molecule has 0 saturated heterocycles. The van der Waals surface area contributed by atoms with Gasteiger partial charge in [0.2, 0.25) is 11.8 Å². The highest BCUT2D eigenvalue weighted by atomic mass is 33.1. The second-order valence-corrected chi connectivity index (χ2v) is 8.63. The summed E-state index contributed by atoms with van der Waals surface area (Å²) in [7, 11) is 3.40. The molecule has 2 amide bonds. The Kier molecular flexibility index (Phi) is 14.6. The summed E-state index contributed by atoms with van der Waals surface area (Å²) in [4.78, 5) is 23.3. The lowest BCUT2D eigenvalue weighted by Gasteiger charge is -2.24. The summed E-state index contributed by atoms with van der Waals surface area (Å²) in [5.74, 6) is 1.61. The molecule has 0 fully saturated rings. The highest BCUT2D eigenvalue weighted by molar-refractivity contribution is 8.76. The summed E-state index contributed by atoms with van der Waals surface area (Å²) in [6.07, 6.45) is 2.22. The zero-order valence-electron chi connectivity index (χ0n) is 15.2. The van der Waals surface area contributed by atoms with Crippen molar-refractivity contribution in [2.24, 2.45) is 5.73 Å². The van der Waals surface area contributed by atoms with Gasteiger partial charge in [-0.15, -0.1) is 0 Å². The van der Waals surface area contributed by atoms with Crippen molar-refractivity contribution in [2.75, 3.05) is 37.7 Å². The number of nitrogens with one attached hydrogen (secondary N) is 2. The second kappa shape index (κ2) is 14.9. The Bertz CT molecular complexity index is 355. The monoisotopic (exact) mass is 379 g/mol. The van der Waals surface area contributed by atoms with Gasteiger partial charge >= 0.3 is 0 Å². The fraction of sp³-hybridized carbons (Fsp3) is 0.875. The number of amides is 2. The molecule has 24 heavy (non-hydrogen) atoms. The van der Waals surface area contributed by atoms with E-state index in [2.05, 4.69) is 24.5 Å². The number of hydrogen-bond donors (Lipinski definition) is 3. The SMILES string of the molecule is CCOC(C)(C)CCCNC(=O)CCC(=O)NCCSSCCN. The molecule has 142 valence electrons. The fourth-order valence-electron chi connectivity index (χ4n) is 2.01. The molecule has 0 aromatic carbocycles. The highest BCUT2D eigenvalue weighted by Crippen LogP contribution is 2.18. The van der Waals surface area contributed by atoms with Crippen molar-refractivity contribution in [2.45, 2.75) is 52.1 Å². The van der Waals surface area contributed by atoms with Gasteiger partial charge in [0.15, 0.2) is 0 Å². The lowest BCUT2D eigenvalue weighted by Crippen LogP contribution is -2.30. The van der Waals surface area contributed by atoms with Crippen LogP contribution >= 0.6 is 21.6 Å². The van der Waals surface area contributed by atoms with Crippen LogP contribution in [0.15, 0.2) is 0 Å². The van der Waals surface area contributed by atoms with E-state index in [1.165, 1.54) is 0 Å². The van der Waals surface area contributed by atoms with Crippen LogP contribution in [0, 0.1) is 0 Å². The molecule has 0 aliphatic carbocycles. The molecule has 0 saturated carbocycles. The first-order valence-electron chi connectivity index (χ1n) is 8.53. The molecule has 0 atom stereocenters. The lowest BCUT2D eigenvalue weighted by atomic mass is 10.0. The van der Waals surface area contributed by atoms with Crippen molar-refractivity contribution < 1.29 is 14.3 Å². The molecule has 0 bridgehead atoms. The minimum Gasteiger partial charge on any atom is -0.376 e. The Morgan fingerprint density at radius 2 is 1.62 bits per heavy atom. The van der Waals surface area contributed by atoms with E-state index in [1.807, 2.05) is 6.92 Å². The van der Waals surface area contributed by atoms with E-state index >= 15 is 0 Å². The maximum Gasteiger partial charge on any atom is 0.220 e. The average molecular weight is 380 g/mol. The number of ether oxygens (including phenoxy) is 1. The molecule has 4 N–H and O–H groups in total. The van der Waals surface area contributed by atoms with E-state index < -0.39 is 0 Å². The number of nitrogens with two attached hydrogens (primary N) is 1. The van der Waals surface area contributed by atoms with E-state index in [0.717, 1.165) is 24.3 Å². The molecular formula is C16H33N3O3S2. The smallest absolute Gasteiger partial charge is 0.220 e. The molecule has 0 heterocycles. The van der Waals surface area contributed by atoms with Crippen LogP contribution in [0.1, 0.15) is 46.5 Å². The Morgan fingerprint density at radius 1 is 1.04 bits per heavy atom. The summed E-state index contributed by atoms with van der Waals surface area (Å²) in [5.41, 5.74) is 5.24. The van der Waals surface area contributed by atoms with Gasteiger partial charge in [-0.1, -0.05) is 21.6 Å². The van der Waals surface area contributed by atoms with Gasteiger partial charge in [0.05, 0.1) is 5.60 Å². The van der Waals surface area contributed by atoms with Crippen LogP contribution < -0.4 is 16.4 Å². The fourth-order valence-corrected chi connectivity index (χ4v) is 3.77. The standard InChI is InChI=1S/C16H33N3O3S2/c1-4-22-16(2,3)8-5-10-18-14(20)6-7-15(21)19-11-13-24-23-12-9-17/h4-13,17H2,1-3H3,(H,18,20)(H,19,21). The molecule has 0 unspecified atom stereocenters. The Hall–Kier alpha value is -0.440. The summed E-state index contributed by atoms with van der Waals surface area (Å²) >= 11 is 0. The number of rotatable bonds is 15. The Morgan fingerprint density at radius 3 is 2.21 bits per heavy atom. The third-order valence-corrected chi connectivity index (χ3v) is 5.62. The van der Waals surface area contributed by atoms with Crippen LogP contribution in [-0.2, 0) is 14.3 Å². The van der Waals surface area contributed by atoms with Gasteiger partial charge in [0.1, 0.15) is 0 Å². The third kappa shape index (κ3) is 15.1. The zero-order chi connectivity index (χ0) is 18.3. The molecule has 0 aliphatic heterocycles. The normalized spacial score (nSPS) is 11.3. The molecule has 0 aromatic rings. The van der Waals surface area contributed by atoms with Crippen LogP contribution in [0.4, 0.5) is 0 Å². The van der Waals surface area contributed by atoms with Crippen molar-refractivity contribution in [3.63, 3.8) is 0 Å². The third-order valence-electron chi connectivity index (χ3n) is 3.18. The van der Waals surface area contributed by atoms with Crippen LogP contribution in [-0.4, -0.2) is 55.2 Å². The highest BCUT2D eigenvalue weighted by Gasteiger charge is 2.16. The summed E-state index contributed by atoms with van der Waals surface area (Å²) in [5, 5.41) is 5.66. The predicted molar refractivity (Wildman–Crippen MR) is 104 cm³/mol. The summed E-state index contributed by atoms with van der Waals surface area (Å²) in [6, 6.07) is 0. The van der Waals surface area contributed by atoms with Gasteiger partial charge in [-0.25, -0.2) is 0 Å². The van der Waals surface area contributed by atoms with Gasteiger partial charge in [-0.3, -0.25) is 9.59 Å². The van der Waals surface area contributed by atoms with Gasteiger partial charge < -0.3 is 21.1 Å². The largest absolute Gasteiger partial charge is 0.376 e. The molecular weight excluding hydrogens is 346 g/mol. The van der Waals surface area contributed by atoms with Crippen molar-refractivity contribution in [1.82, 2.24) is 10.6 Å². The van der Waals surface area contributed by atoms with Crippen molar-refractivity contribution >= 4 is 33.4 Å². The minimum atomic E-state index is -0.153. The van der Waals surface area contributed by atoms with Crippen LogP contribution in [0.3, 0.4) is 0 Å². The molecule has 8 heteroatoms. The molecule has 0 aliphatic rings. The van der Waals surface area contributed by atoms with Crippen LogP contribution in [0.2, 0.25) is 0 Å². The topological polar surface area (TPSA) is 93.4 Å². The second-order valence-electron chi connectivity index (χ2n) is 5.93. The first-order valence-corrected chi connectivity index (χ1v) is 11.0. The Balaban J connectivity index is 3.56. The predicted octanol–water partition coefficient (Wildman–Crippen LogP) is 1.93.